The highest BCUT2D eigenvalue weighted by atomic mass is 16.1. The third kappa shape index (κ3) is 3.61. The molecule has 1 aromatic rings. The van der Waals surface area contributed by atoms with Crippen LogP contribution in [0.4, 0.5) is 5.69 Å². The monoisotopic (exact) mass is 271 g/mol. The van der Waals surface area contributed by atoms with Crippen molar-refractivity contribution in [2.45, 2.75) is 26.7 Å². The van der Waals surface area contributed by atoms with Gasteiger partial charge in [-0.1, -0.05) is 32.0 Å². The van der Waals surface area contributed by atoms with Crippen molar-refractivity contribution in [2.75, 3.05) is 19.4 Å². The maximum Gasteiger partial charge on any atom is 0.268 e. The summed E-state index contributed by atoms with van der Waals surface area (Å²) < 4.78 is 0. The molecule has 1 aromatic carbocycles. The van der Waals surface area contributed by atoms with Gasteiger partial charge in [0, 0.05) is 25.5 Å². The lowest BCUT2D eigenvalue weighted by molar-refractivity contribution is -0.112. The topological polar surface area (TPSA) is 56.1 Å². The van der Waals surface area contributed by atoms with Gasteiger partial charge in [0.25, 0.3) is 5.91 Å². The van der Waals surface area contributed by atoms with E-state index in [4.69, 9.17) is 0 Å². The van der Waals surface area contributed by atoms with E-state index in [2.05, 4.69) is 19.2 Å². The number of nitrogens with zero attached hydrogens (tertiary/aromatic N) is 2. The van der Waals surface area contributed by atoms with E-state index in [1.807, 2.05) is 44.4 Å². The van der Waals surface area contributed by atoms with Gasteiger partial charge in [0.1, 0.15) is 11.6 Å². The summed E-state index contributed by atoms with van der Waals surface area (Å²) in [5.74, 6) is -0.0669. The SMILES string of the molecule is C/C(=C(\C#N)C(=O)Nc1ccccc1C(C)C)N(C)C. The zero-order valence-electron chi connectivity index (χ0n) is 12.7. The third-order valence-electron chi connectivity index (χ3n) is 3.20. The normalized spacial score (nSPS) is 11.7. The van der Waals surface area contributed by atoms with Crippen molar-refractivity contribution in [2.24, 2.45) is 0 Å². The molecule has 106 valence electrons. The number of nitrogens with one attached hydrogen (secondary N) is 1. The molecule has 0 saturated carbocycles. The quantitative estimate of drug-likeness (QED) is 0.676. The fraction of sp³-hybridized carbons (Fsp3) is 0.375. The van der Waals surface area contributed by atoms with Crippen molar-refractivity contribution in [1.29, 1.82) is 5.26 Å². The fourth-order valence-corrected chi connectivity index (χ4v) is 1.82. The zero-order chi connectivity index (χ0) is 15.3. The average Bonchev–Trinajstić information content (AvgIpc) is 2.39. The molecule has 0 radical (unpaired) electrons. The maximum atomic E-state index is 12.2. The predicted molar refractivity (Wildman–Crippen MR) is 81.2 cm³/mol. The van der Waals surface area contributed by atoms with Crippen molar-refractivity contribution in [3.8, 4) is 6.07 Å². The predicted octanol–water partition coefficient (Wildman–Crippen LogP) is 3.11. The molecule has 0 aromatic heterocycles. The largest absolute Gasteiger partial charge is 0.380 e. The molecule has 0 fully saturated rings. The Balaban J connectivity index is 3.09. The number of nitriles is 1. The third-order valence-corrected chi connectivity index (χ3v) is 3.20. The van der Waals surface area contributed by atoms with E-state index in [0.717, 1.165) is 11.3 Å². The summed E-state index contributed by atoms with van der Waals surface area (Å²) in [5.41, 5.74) is 2.59. The second kappa shape index (κ2) is 6.76. The standard InChI is InChI=1S/C16H21N3O/c1-11(2)13-8-6-7-9-15(13)18-16(20)14(10-17)12(3)19(4)5/h6-9,11H,1-5H3,(H,18,20)/b14-12-. The minimum Gasteiger partial charge on any atom is -0.380 e. The second-order valence-corrected chi connectivity index (χ2v) is 5.16. The number of para-hydroxylation sites is 1. The Bertz CT molecular complexity index is 565. The fourth-order valence-electron chi connectivity index (χ4n) is 1.82. The van der Waals surface area contributed by atoms with Crippen LogP contribution in [-0.4, -0.2) is 24.9 Å². The Kier molecular flexibility index (Phi) is 5.33. The Morgan fingerprint density at radius 2 is 1.90 bits per heavy atom. The van der Waals surface area contributed by atoms with Crippen LogP contribution in [0, 0.1) is 11.3 Å². The molecule has 1 amide bonds. The first-order chi connectivity index (χ1) is 9.38. The molecule has 0 atom stereocenters. The van der Waals surface area contributed by atoms with E-state index in [-0.39, 0.29) is 11.5 Å². The first-order valence-electron chi connectivity index (χ1n) is 6.57. The van der Waals surface area contributed by atoms with Gasteiger partial charge in [0.05, 0.1) is 0 Å². The molecular weight excluding hydrogens is 250 g/mol. The van der Waals surface area contributed by atoms with E-state index in [1.165, 1.54) is 0 Å². The second-order valence-electron chi connectivity index (χ2n) is 5.16. The van der Waals surface area contributed by atoms with Crippen LogP contribution in [0.2, 0.25) is 0 Å². The van der Waals surface area contributed by atoms with Crippen LogP contribution in [0.5, 0.6) is 0 Å². The van der Waals surface area contributed by atoms with Gasteiger partial charge in [-0.3, -0.25) is 4.79 Å². The summed E-state index contributed by atoms with van der Waals surface area (Å²) >= 11 is 0. The van der Waals surface area contributed by atoms with Gasteiger partial charge in [0.2, 0.25) is 0 Å². The van der Waals surface area contributed by atoms with Crippen LogP contribution in [0.3, 0.4) is 0 Å². The lowest BCUT2D eigenvalue weighted by atomic mass is 10.0. The van der Waals surface area contributed by atoms with E-state index in [9.17, 15) is 10.1 Å². The maximum absolute atomic E-state index is 12.2. The number of hydrogen-bond donors (Lipinski definition) is 1. The van der Waals surface area contributed by atoms with Crippen LogP contribution < -0.4 is 5.32 Å². The van der Waals surface area contributed by atoms with E-state index in [0.29, 0.717) is 11.6 Å². The number of rotatable bonds is 4. The molecule has 4 heteroatoms. The number of carbonyl (C=O) groups is 1. The van der Waals surface area contributed by atoms with Gasteiger partial charge in [-0.2, -0.15) is 5.26 Å². The van der Waals surface area contributed by atoms with Crippen LogP contribution in [0.15, 0.2) is 35.5 Å². The Labute approximate surface area is 120 Å². The molecular formula is C16H21N3O. The Morgan fingerprint density at radius 3 is 2.40 bits per heavy atom. The van der Waals surface area contributed by atoms with Gasteiger partial charge in [0.15, 0.2) is 0 Å². The molecule has 20 heavy (non-hydrogen) atoms. The molecule has 0 bridgehead atoms. The summed E-state index contributed by atoms with van der Waals surface area (Å²) in [6, 6.07) is 9.63. The lowest BCUT2D eigenvalue weighted by Gasteiger charge is -2.16. The number of benzene rings is 1. The first-order valence-corrected chi connectivity index (χ1v) is 6.57. The smallest absolute Gasteiger partial charge is 0.268 e. The summed E-state index contributed by atoms with van der Waals surface area (Å²) in [7, 11) is 3.62. The number of allylic oxidation sites excluding steroid dienone is 1. The van der Waals surface area contributed by atoms with Crippen molar-refractivity contribution >= 4 is 11.6 Å². The molecule has 1 N–H and O–H groups in total. The van der Waals surface area contributed by atoms with Gasteiger partial charge in [-0.25, -0.2) is 0 Å². The molecule has 0 aliphatic heterocycles. The van der Waals surface area contributed by atoms with Crippen LogP contribution >= 0.6 is 0 Å². The number of carbonyl (C=O) groups excluding carboxylic acids is 1. The molecule has 0 aliphatic rings. The highest BCUT2D eigenvalue weighted by Crippen LogP contribution is 2.24. The average molecular weight is 271 g/mol. The van der Waals surface area contributed by atoms with Gasteiger partial charge < -0.3 is 10.2 Å². The number of hydrogen-bond acceptors (Lipinski definition) is 3. The molecule has 4 nitrogen and oxygen atoms in total. The molecule has 1 rings (SSSR count). The highest BCUT2D eigenvalue weighted by molar-refractivity contribution is 6.07. The summed E-state index contributed by atoms with van der Waals surface area (Å²) in [6.45, 7) is 5.89. The van der Waals surface area contributed by atoms with Gasteiger partial charge >= 0.3 is 0 Å². The van der Waals surface area contributed by atoms with Crippen molar-refractivity contribution in [1.82, 2.24) is 4.90 Å². The van der Waals surface area contributed by atoms with Crippen LogP contribution in [-0.2, 0) is 4.79 Å². The number of amides is 1. The Hall–Kier alpha value is -2.28. The minimum atomic E-state index is -0.369. The van der Waals surface area contributed by atoms with E-state index >= 15 is 0 Å². The first kappa shape index (κ1) is 15.8. The molecule has 0 saturated heterocycles. The van der Waals surface area contributed by atoms with Gasteiger partial charge in [-0.05, 0) is 24.5 Å². The van der Waals surface area contributed by atoms with Crippen LogP contribution in [0.1, 0.15) is 32.3 Å². The van der Waals surface area contributed by atoms with Gasteiger partial charge in [-0.15, -0.1) is 0 Å². The molecule has 0 aliphatic carbocycles. The zero-order valence-corrected chi connectivity index (χ0v) is 12.7. The van der Waals surface area contributed by atoms with Crippen molar-refractivity contribution in [3.63, 3.8) is 0 Å². The Morgan fingerprint density at radius 1 is 1.30 bits per heavy atom. The van der Waals surface area contributed by atoms with E-state index in [1.54, 1.807) is 11.8 Å². The summed E-state index contributed by atoms with van der Waals surface area (Å²) in [4.78, 5) is 14.0. The molecule has 0 unspecified atom stereocenters. The number of anilines is 1. The highest BCUT2D eigenvalue weighted by Gasteiger charge is 2.16. The van der Waals surface area contributed by atoms with E-state index < -0.39 is 0 Å². The van der Waals surface area contributed by atoms with Crippen LogP contribution in [0.25, 0.3) is 0 Å². The molecule has 0 spiro atoms. The summed E-state index contributed by atoms with van der Waals surface area (Å²) in [5, 5.41) is 12.0. The lowest BCUT2D eigenvalue weighted by Crippen LogP contribution is -2.20. The summed E-state index contributed by atoms with van der Waals surface area (Å²) in [6.07, 6.45) is 0. The molecule has 0 heterocycles. The van der Waals surface area contributed by atoms with Crippen molar-refractivity contribution < 1.29 is 4.79 Å². The van der Waals surface area contributed by atoms with Crippen molar-refractivity contribution in [3.05, 3.63) is 41.1 Å². The minimum absolute atomic E-state index is 0.133.